The van der Waals surface area contributed by atoms with E-state index in [1.807, 2.05) is 51.1 Å². The molecular formula is C20H21N3O2. The minimum atomic E-state index is -0.129. The van der Waals surface area contributed by atoms with Gasteiger partial charge in [0.2, 0.25) is 0 Å². The van der Waals surface area contributed by atoms with Crippen molar-refractivity contribution < 1.29 is 9.53 Å². The highest BCUT2D eigenvalue weighted by Crippen LogP contribution is 2.15. The van der Waals surface area contributed by atoms with Crippen LogP contribution in [0.25, 0.3) is 11.0 Å². The van der Waals surface area contributed by atoms with Crippen molar-refractivity contribution in [3.8, 4) is 5.75 Å². The molecule has 1 aromatic heterocycles. The summed E-state index contributed by atoms with van der Waals surface area (Å²) in [7, 11) is 0. The zero-order valence-electron chi connectivity index (χ0n) is 14.7. The zero-order valence-corrected chi connectivity index (χ0v) is 14.7. The fraction of sp³-hybridized carbons (Fsp3) is 0.250. The standard InChI is InChI=1S/C20H21N3O2/c1-4-25-17-8-5-15(6-9-17)12-21-20(24)16-7-10-18-19(11-16)23-14(3)13(2)22-18/h5-11H,4,12H2,1-3H3,(H,21,24). The molecule has 3 aromatic rings. The molecule has 1 heterocycles. The summed E-state index contributed by atoms with van der Waals surface area (Å²) in [6.45, 7) is 6.90. The lowest BCUT2D eigenvalue weighted by Crippen LogP contribution is -2.22. The van der Waals surface area contributed by atoms with Gasteiger partial charge in [-0.2, -0.15) is 0 Å². The number of fused-ring (bicyclic) bond motifs is 1. The summed E-state index contributed by atoms with van der Waals surface area (Å²) in [5.41, 5.74) is 4.91. The second-order valence-corrected chi connectivity index (χ2v) is 5.86. The summed E-state index contributed by atoms with van der Waals surface area (Å²) in [4.78, 5) is 21.4. The molecule has 1 amide bonds. The van der Waals surface area contributed by atoms with Gasteiger partial charge in [-0.3, -0.25) is 4.79 Å². The van der Waals surface area contributed by atoms with Crippen LogP contribution >= 0.6 is 0 Å². The van der Waals surface area contributed by atoms with Gasteiger partial charge in [0.1, 0.15) is 5.75 Å². The molecule has 5 heteroatoms. The lowest BCUT2D eigenvalue weighted by molar-refractivity contribution is 0.0951. The Morgan fingerprint density at radius 2 is 1.68 bits per heavy atom. The largest absolute Gasteiger partial charge is 0.494 e. The quantitative estimate of drug-likeness (QED) is 0.774. The first-order valence-electron chi connectivity index (χ1n) is 8.31. The lowest BCUT2D eigenvalue weighted by Gasteiger charge is -2.08. The Kier molecular flexibility index (Phi) is 4.93. The highest BCUT2D eigenvalue weighted by molar-refractivity contribution is 5.97. The van der Waals surface area contributed by atoms with E-state index in [2.05, 4.69) is 15.3 Å². The maximum Gasteiger partial charge on any atom is 0.251 e. The molecule has 0 spiro atoms. The molecule has 0 unspecified atom stereocenters. The third-order valence-electron chi connectivity index (χ3n) is 4.02. The molecule has 2 aromatic carbocycles. The second kappa shape index (κ2) is 7.30. The van der Waals surface area contributed by atoms with Crippen LogP contribution in [0.1, 0.15) is 34.2 Å². The van der Waals surface area contributed by atoms with Gasteiger partial charge in [0.25, 0.3) is 5.91 Å². The third-order valence-corrected chi connectivity index (χ3v) is 4.02. The Labute approximate surface area is 147 Å². The number of aromatic nitrogens is 2. The smallest absolute Gasteiger partial charge is 0.251 e. The van der Waals surface area contributed by atoms with Gasteiger partial charge in [0, 0.05) is 12.1 Å². The van der Waals surface area contributed by atoms with Crippen molar-refractivity contribution in [3.63, 3.8) is 0 Å². The highest BCUT2D eigenvalue weighted by atomic mass is 16.5. The van der Waals surface area contributed by atoms with E-state index in [1.165, 1.54) is 0 Å². The lowest BCUT2D eigenvalue weighted by atomic mass is 10.1. The molecule has 128 valence electrons. The van der Waals surface area contributed by atoms with Gasteiger partial charge in [0.05, 0.1) is 29.0 Å². The van der Waals surface area contributed by atoms with E-state index >= 15 is 0 Å². The summed E-state index contributed by atoms with van der Waals surface area (Å²) >= 11 is 0. The summed E-state index contributed by atoms with van der Waals surface area (Å²) in [6.07, 6.45) is 0. The van der Waals surface area contributed by atoms with Crippen LogP contribution in [-0.4, -0.2) is 22.5 Å². The molecule has 25 heavy (non-hydrogen) atoms. The zero-order chi connectivity index (χ0) is 17.8. The molecule has 0 bridgehead atoms. The van der Waals surface area contributed by atoms with Crippen molar-refractivity contribution in [2.24, 2.45) is 0 Å². The van der Waals surface area contributed by atoms with Crippen molar-refractivity contribution in [1.29, 1.82) is 0 Å². The number of hydrogen-bond acceptors (Lipinski definition) is 4. The molecule has 0 saturated heterocycles. The Bertz CT molecular complexity index is 905. The van der Waals surface area contributed by atoms with Crippen molar-refractivity contribution in [2.45, 2.75) is 27.3 Å². The fourth-order valence-electron chi connectivity index (χ4n) is 2.53. The maximum absolute atomic E-state index is 12.4. The minimum Gasteiger partial charge on any atom is -0.494 e. The van der Waals surface area contributed by atoms with E-state index in [0.717, 1.165) is 33.7 Å². The summed E-state index contributed by atoms with van der Waals surface area (Å²) in [5, 5.41) is 2.93. The molecule has 0 aliphatic rings. The average molecular weight is 335 g/mol. The first kappa shape index (κ1) is 16.9. The Balaban J connectivity index is 1.70. The molecule has 3 rings (SSSR count). The van der Waals surface area contributed by atoms with Gasteiger partial charge in [0.15, 0.2) is 0 Å². The SMILES string of the molecule is CCOc1ccc(CNC(=O)c2ccc3nc(C)c(C)nc3c2)cc1. The molecule has 0 aliphatic heterocycles. The van der Waals surface area contributed by atoms with E-state index in [-0.39, 0.29) is 5.91 Å². The number of carbonyl (C=O) groups is 1. The number of amides is 1. The van der Waals surface area contributed by atoms with Gasteiger partial charge in [-0.05, 0) is 56.7 Å². The van der Waals surface area contributed by atoms with Crippen LogP contribution in [0.3, 0.4) is 0 Å². The van der Waals surface area contributed by atoms with Crippen molar-refractivity contribution >= 4 is 16.9 Å². The van der Waals surface area contributed by atoms with Crippen LogP contribution in [-0.2, 0) is 6.54 Å². The van der Waals surface area contributed by atoms with Crippen LogP contribution in [0.5, 0.6) is 5.75 Å². The van der Waals surface area contributed by atoms with Crippen molar-refractivity contribution in [3.05, 3.63) is 65.0 Å². The summed E-state index contributed by atoms with van der Waals surface area (Å²) in [5.74, 6) is 0.701. The van der Waals surface area contributed by atoms with Crippen LogP contribution in [0.15, 0.2) is 42.5 Å². The monoisotopic (exact) mass is 335 g/mol. The van der Waals surface area contributed by atoms with Crippen LogP contribution in [0.2, 0.25) is 0 Å². The number of carbonyl (C=O) groups excluding carboxylic acids is 1. The number of hydrogen-bond donors (Lipinski definition) is 1. The molecule has 5 nitrogen and oxygen atoms in total. The number of aryl methyl sites for hydroxylation is 2. The number of benzene rings is 2. The number of rotatable bonds is 5. The van der Waals surface area contributed by atoms with E-state index < -0.39 is 0 Å². The number of nitrogens with one attached hydrogen (secondary N) is 1. The van der Waals surface area contributed by atoms with Crippen LogP contribution in [0.4, 0.5) is 0 Å². The van der Waals surface area contributed by atoms with E-state index in [0.29, 0.717) is 18.7 Å². The van der Waals surface area contributed by atoms with Crippen LogP contribution in [0, 0.1) is 13.8 Å². The first-order chi connectivity index (χ1) is 12.1. The van der Waals surface area contributed by atoms with E-state index in [1.54, 1.807) is 12.1 Å². The average Bonchev–Trinajstić information content (AvgIpc) is 2.62. The van der Waals surface area contributed by atoms with Gasteiger partial charge in [-0.25, -0.2) is 9.97 Å². The van der Waals surface area contributed by atoms with Crippen molar-refractivity contribution in [1.82, 2.24) is 15.3 Å². The number of nitrogens with zero attached hydrogens (tertiary/aromatic N) is 2. The van der Waals surface area contributed by atoms with Crippen LogP contribution < -0.4 is 10.1 Å². The maximum atomic E-state index is 12.4. The van der Waals surface area contributed by atoms with Gasteiger partial charge >= 0.3 is 0 Å². The Morgan fingerprint density at radius 1 is 1.00 bits per heavy atom. The first-order valence-corrected chi connectivity index (χ1v) is 8.31. The fourth-order valence-corrected chi connectivity index (χ4v) is 2.53. The molecule has 1 N–H and O–H groups in total. The molecule has 0 radical (unpaired) electrons. The van der Waals surface area contributed by atoms with Gasteiger partial charge < -0.3 is 10.1 Å². The molecule has 0 atom stereocenters. The second-order valence-electron chi connectivity index (χ2n) is 5.86. The minimum absolute atomic E-state index is 0.129. The Morgan fingerprint density at radius 3 is 2.36 bits per heavy atom. The van der Waals surface area contributed by atoms with E-state index in [9.17, 15) is 4.79 Å². The molecular weight excluding hydrogens is 314 g/mol. The predicted molar refractivity (Wildman–Crippen MR) is 97.8 cm³/mol. The Hall–Kier alpha value is -2.95. The topological polar surface area (TPSA) is 64.1 Å². The summed E-state index contributed by atoms with van der Waals surface area (Å²) in [6, 6.07) is 13.1. The molecule has 0 fully saturated rings. The predicted octanol–water partition coefficient (Wildman–Crippen LogP) is 3.58. The molecule has 0 saturated carbocycles. The van der Waals surface area contributed by atoms with Gasteiger partial charge in [-0.15, -0.1) is 0 Å². The number of ether oxygens (including phenoxy) is 1. The van der Waals surface area contributed by atoms with Crippen molar-refractivity contribution in [2.75, 3.05) is 6.61 Å². The normalized spacial score (nSPS) is 10.7. The third kappa shape index (κ3) is 3.94. The highest BCUT2D eigenvalue weighted by Gasteiger charge is 2.09. The molecule has 0 aliphatic carbocycles. The summed E-state index contributed by atoms with van der Waals surface area (Å²) < 4.78 is 5.41. The van der Waals surface area contributed by atoms with E-state index in [4.69, 9.17) is 4.74 Å². The van der Waals surface area contributed by atoms with Gasteiger partial charge in [-0.1, -0.05) is 12.1 Å².